The first-order valence-corrected chi connectivity index (χ1v) is 12.0. The lowest BCUT2D eigenvalue weighted by Crippen LogP contribution is -2.43. The summed E-state index contributed by atoms with van der Waals surface area (Å²) in [5, 5.41) is 2.49. The molecule has 1 heterocycles. The molecule has 3 rings (SSSR count). The van der Waals surface area contributed by atoms with Gasteiger partial charge in [0.05, 0.1) is 10.7 Å². The van der Waals surface area contributed by atoms with Crippen molar-refractivity contribution in [2.24, 2.45) is 5.92 Å². The number of benzene rings is 2. The summed E-state index contributed by atoms with van der Waals surface area (Å²) in [5.41, 5.74) is 1.18. The Kier molecular flexibility index (Phi) is 7.36. The van der Waals surface area contributed by atoms with Crippen LogP contribution in [0, 0.1) is 18.7 Å². The number of aryl methyl sites for hydroxylation is 1. The third kappa shape index (κ3) is 5.63. The summed E-state index contributed by atoms with van der Waals surface area (Å²) in [6.45, 7) is 5.37. The van der Waals surface area contributed by atoms with E-state index < -0.39 is 26.6 Å². The van der Waals surface area contributed by atoms with Gasteiger partial charge in [0.2, 0.25) is 10.0 Å². The fourth-order valence-electron chi connectivity index (χ4n) is 3.78. The highest BCUT2D eigenvalue weighted by Gasteiger charge is 2.29. The molecule has 1 atom stereocenters. The highest BCUT2D eigenvalue weighted by Crippen LogP contribution is 2.29. The van der Waals surface area contributed by atoms with Crippen molar-refractivity contribution in [1.82, 2.24) is 9.62 Å². The van der Waals surface area contributed by atoms with Crippen LogP contribution in [0.4, 0.5) is 10.1 Å². The van der Waals surface area contributed by atoms with Crippen LogP contribution >= 0.6 is 11.6 Å². The molecule has 0 bridgehead atoms. The topological polar surface area (TPSA) is 78.5 Å². The normalized spacial score (nSPS) is 16.8. The number of anilines is 1. The van der Waals surface area contributed by atoms with Crippen molar-refractivity contribution in [2.75, 3.05) is 25.5 Å². The van der Waals surface area contributed by atoms with Crippen LogP contribution in [0.2, 0.25) is 5.02 Å². The first-order chi connectivity index (χ1) is 14.6. The summed E-state index contributed by atoms with van der Waals surface area (Å²) < 4.78 is 43.0. The number of carbonyl (C=O) groups excluding carboxylic acids is 1. The molecule has 2 aromatic carbocycles. The molecule has 0 saturated carbocycles. The summed E-state index contributed by atoms with van der Waals surface area (Å²) in [7, 11) is -2.09. The lowest BCUT2D eigenvalue weighted by Gasteiger charge is -2.32. The molecule has 1 amide bonds. The quantitative estimate of drug-likeness (QED) is 0.671. The maximum absolute atomic E-state index is 14.8. The van der Waals surface area contributed by atoms with Gasteiger partial charge in [-0.3, -0.25) is 4.79 Å². The second-order valence-electron chi connectivity index (χ2n) is 8.08. The van der Waals surface area contributed by atoms with Gasteiger partial charge in [-0.2, -0.15) is 0 Å². The highest BCUT2D eigenvalue weighted by atomic mass is 35.5. The van der Waals surface area contributed by atoms with E-state index in [1.165, 1.54) is 0 Å². The van der Waals surface area contributed by atoms with Crippen molar-refractivity contribution in [3.63, 3.8) is 0 Å². The smallest absolute Gasteiger partial charge is 0.255 e. The Morgan fingerprint density at radius 3 is 2.52 bits per heavy atom. The first-order valence-electron chi connectivity index (χ1n) is 10.2. The van der Waals surface area contributed by atoms with Gasteiger partial charge in [0, 0.05) is 17.7 Å². The summed E-state index contributed by atoms with van der Waals surface area (Å²) in [6, 6.07) is 8.58. The minimum Gasteiger partial charge on any atom is -0.321 e. The van der Waals surface area contributed by atoms with Crippen LogP contribution in [-0.2, 0) is 10.0 Å². The zero-order valence-corrected chi connectivity index (χ0v) is 19.4. The van der Waals surface area contributed by atoms with Gasteiger partial charge in [-0.15, -0.1) is 0 Å². The average Bonchev–Trinajstić information content (AvgIpc) is 2.70. The number of amides is 1. The molecule has 1 fully saturated rings. The van der Waals surface area contributed by atoms with E-state index in [2.05, 4.69) is 14.9 Å². The van der Waals surface area contributed by atoms with E-state index >= 15 is 0 Å². The fraction of sp³-hybridized carbons (Fsp3) is 0.409. The standard InChI is InChI=1S/C22H27ClFN3O3S/c1-14-6-4-5-7-17(14)22(28)25-20-13-19(24)21(12-18(20)23)31(29,30)26-15(2)16-8-10-27(3)11-9-16/h4-7,12-13,15-16,26H,8-11H2,1-3H3,(H,25,28)/t15-/m0/s1. The van der Waals surface area contributed by atoms with E-state index in [0.29, 0.717) is 5.56 Å². The number of nitrogens with zero attached hydrogens (tertiary/aromatic N) is 1. The molecule has 6 nitrogen and oxygen atoms in total. The first kappa shape index (κ1) is 23.7. The van der Waals surface area contributed by atoms with E-state index in [1.807, 2.05) is 7.05 Å². The summed E-state index contributed by atoms with van der Waals surface area (Å²) in [4.78, 5) is 14.2. The number of rotatable bonds is 6. The van der Waals surface area contributed by atoms with Gasteiger partial charge < -0.3 is 10.2 Å². The zero-order chi connectivity index (χ0) is 22.8. The largest absolute Gasteiger partial charge is 0.321 e. The van der Waals surface area contributed by atoms with E-state index in [9.17, 15) is 17.6 Å². The van der Waals surface area contributed by atoms with Crippen LogP contribution in [0.15, 0.2) is 41.3 Å². The monoisotopic (exact) mass is 467 g/mol. The summed E-state index contributed by atoms with van der Waals surface area (Å²) in [6.07, 6.45) is 1.74. The molecular weight excluding hydrogens is 441 g/mol. The second kappa shape index (κ2) is 9.65. The number of carbonyl (C=O) groups is 1. The van der Waals surface area contributed by atoms with Gasteiger partial charge >= 0.3 is 0 Å². The number of piperidine rings is 1. The number of nitrogens with one attached hydrogen (secondary N) is 2. The van der Waals surface area contributed by atoms with E-state index in [1.54, 1.807) is 38.1 Å². The SMILES string of the molecule is Cc1ccccc1C(=O)Nc1cc(F)c(S(=O)(=O)N[C@@H](C)C2CCN(C)CC2)cc1Cl. The molecule has 0 radical (unpaired) electrons. The molecule has 168 valence electrons. The Bertz CT molecular complexity index is 1070. The van der Waals surface area contributed by atoms with E-state index in [4.69, 9.17) is 11.6 Å². The lowest BCUT2D eigenvalue weighted by atomic mass is 9.91. The van der Waals surface area contributed by atoms with Crippen molar-refractivity contribution in [3.8, 4) is 0 Å². The number of hydrogen-bond acceptors (Lipinski definition) is 4. The molecule has 0 aromatic heterocycles. The Morgan fingerprint density at radius 2 is 1.87 bits per heavy atom. The van der Waals surface area contributed by atoms with Crippen LogP contribution in [0.5, 0.6) is 0 Å². The Morgan fingerprint density at radius 1 is 1.23 bits per heavy atom. The Labute approximate surface area is 187 Å². The molecule has 1 aliphatic rings. The minimum absolute atomic E-state index is 0.00901. The molecule has 9 heteroatoms. The molecule has 2 N–H and O–H groups in total. The maximum atomic E-state index is 14.8. The number of hydrogen-bond donors (Lipinski definition) is 2. The van der Waals surface area contributed by atoms with E-state index in [0.717, 1.165) is 43.6 Å². The summed E-state index contributed by atoms with van der Waals surface area (Å²) >= 11 is 6.20. The van der Waals surface area contributed by atoms with E-state index in [-0.39, 0.29) is 22.7 Å². The second-order valence-corrected chi connectivity index (χ2v) is 10.2. The lowest BCUT2D eigenvalue weighted by molar-refractivity contribution is 0.102. The van der Waals surface area contributed by atoms with Crippen molar-refractivity contribution in [3.05, 3.63) is 58.4 Å². The minimum atomic E-state index is -4.12. The number of likely N-dealkylation sites (tertiary alicyclic amines) is 1. The van der Waals surface area contributed by atoms with Gasteiger partial charge in [-0.05, 0) is 70.4 Å². The van der Waals surface area contributed by atoms with Crippen LogP contribution in [0.3, 0.4) is 0 Å². The zero-order valence-electron chi connectivity index (χ0n) is 17.8. The maximum Gasteiger partial charge on any atom is 0.255 e. The molecule has 1 aliphatic heterocycles. The van der Waals surface area contributed by atoms with Gasteiger partial charge in [0.25, 0.3) is 5.91 Å². The summed E-state index contributed by atoms with van der Waals surface area (Å²) in [5.74, 6) is -1.26. The van der Waals surface area contributed by atoms with Crippen molar-refractivity contribution < 1.29 is 17.6 Å². The van der Waals surface area contributed by atoms with Gasteiger partial charge in [0.15, 0.2) is 0 Å². The number of halogens is 2. The molecule has 0 aliphatic carbocycles. The average molecular weight is 468 g/mol. The predicted molar refractivity (Wildman–Crippen MR) is 121 cm³/mol. The third-order valence-corrected chi connectivity index (χ3v) is 7.65. The molecular formula is C22H27ClFN3O3S. The van der Waals surface area contributed by atoms with Crippen LogP contribution in [0.1, 0.15) is 35.7 Å². The van der Waals surface area contributed by atoms with Crippen LogP contribution in [0.25, 0.3) is 0 Å². The van der Waals surface area contributed by atoms with Crippen molar-refractivity contribution >= 4 is 33.2 Å². The molecule has 0 unspecified atom stereocenters. The van der Waals surface area contributed by atoms with Gasteiger partial charge in [-0.25, -0.2) is 17.5 Å². The van der Waals surface area contributed by atoms with Gasteiger partial charge in [0.1, 0.15) is 10.7 Å². The Hall–Kier alpha value is -2.00. The Balaban J connectivity index is 1.77. The predicted octanol–water partition coefficient (Wildman–Crippen LogP) is 4.05. The molecule has 1 saturated heterocycles. The van der Waals surface area contributed by atoms with Crippen molar-refractivity contribution in [2.45, 2.75) is 37.6 Å². The molecule has 31 heavy (non-hydrogen) atoms. The fourth-order valence-corrected chi connectivity index (χ4v) is 5.45. The molecule has 0 spiro atoms. The van der Waals surface area contributed by atoms with Crippen LogP contribution in [-0.4, -0.2) is 45.4 Å². The van der Waals surface area contributed by atoms with Gasteiger partial charge in [-0.1, -0.05) is 29.8 Å². The van der Waals surface area contributed by atoms with Crippen molar-refractivity contribution in [1.29, 1.82) is 0 Å². The van der Waals surface area contributed by atoms with Crippen LogP contribution < -0.4 is 10.0 Å². The third-order valence-electron chi connectivity index (χ3n) is 5.76. The molecule has 2 aromatic rings. The highest BCUT2D eigenvalue weighted by molar-refractivity contribution is 7.89. The number of sulfonamides is 1.